The zero-order valence-corrected chi connectivity index (χ0v) is 37.2. The summed E-state index contributed by atoms with van der Waals surface area (Å²) in [6.45, 7) is 14.5. The molecule has 334 valence electrons. The van der Waals surface area contributed by atoms with Gasteiger partial charge in [0.15, 0.2) is 5.89 Å². The average Bonchev–Trinajstić information content (AvgIpc) is 4.00. The van der Waals surface area contributed by atoms with Crippen molar-refractivity contribution in [3.8, 4) is 17.1 Å². The Labute approximate surface area is 368 Å². The molecule has 0 spiro atoms. The third-order valence-electron chi connectivity index (χ3n) is 10.3. The summed E-state index contributed by atoms with van der Waals surface area (Å²) in [6.07, 6.45) is 5.68. The number of allylic oxidation sites excluding steroid dienone is 2. The molecule has 0 bridgehead atoms. The number of rotatable bonds is 16. The number of amides is 4. The summed E-state index contributed by atoms with van der Waals surface area (Å²) in [4.78, 5) is 71.4. The van der Waals surface area contributed by atoms with Crippen LogP contribution in [0, 0.1) is 13.8 Å². The van der Waals surface area contributed by atoms with Crippen molar-refractivity contribution in [3.63, 3.8) is 0 Å². The summed E-state index contributed by atoms with van der Waals surface area (Å²) >= 11 is 0. The van der Waals surface area contributed by atoms with E-state index in [0.29, 0.717) is 71.8 Å². The molecular formula is C45H52N12O7. The lowest BCUT2D eigenvalue weighted by Crippen LogP contribution is -2.35. The molecule has 7 rings (SSSR count). The molecule has 6 heterocycles. The standard InChI is InChI=1S/C45H52N12O7/c1-9-31-37(63-26(4)49-31)42(60)52-43-51-33-22-27(38(46)58)23-35(62-19-13-16-54(8)44(61)64-45(5,6)7)36(33)55(43)17-11-12-18-56-40-30(21-28(24-48-40)39(47)59)29-14-15-32(50-41(29)56)34-20-25(3)53-57(34)10-2/h11-12,14-15,20-24H,9-10,13,16-19H2,1-8H3,(H2,46,58)(H2,47,59)(H,51,52,60)/b12-11+. The lowest BCUT2D eigenvalue weighted by molar-refractivity contribution is 0.0291. The van der Waals surface area contributed by atoms with Gasteiger partial charge in [0.25, 0.3) is 5.91 Å². The minimum Gasteiger partial charge on any atom is -0.491 e. The molecule has 0 aliphatic rings. The Kier molecular flexibility index (Phi) is 12.5. The summed E-state index contributed by atoms with van der Waals surface area (Å²) in [6, 6.07) is 10.7. The van der Waals surface area contributed by atoms with E-state index >= 15 is 0 Å². The summed E-state index contributed by atoms with van der Waals surface area (Å²) in [5, 5.41) is 8.99. The van der Waals surface area contributed by atoms with Gasteiger partial charge in [0.05, 0.1) is 40.5 Å². The molecule has 1 aromatic carbocycles. The number of nitrogens with zero attached hydrogens (tertiary/aromatic N) is 9. The number of hydrogen-bond acceptors (Lipinski definition) is 12. The minimum atomic E-state index is -0.699. The number of pyridine rings is 2. The number of ether oxygens (including phenoxy) is 2. The van der Waals surface area contributed by atoms with Crippen molar-refractivity contribution in [1.82, 2.24) is 43.8 Å². The van der Waals surface area contributed by atoms with Crippen LogP contribution in [-0.2, 0) is 30.8 Å². The molecule has 0 aliphatic heterocycles. The van der Waals surface area contributed by atoms with Crippen LogP contribution >= 0.6 is 0 Å². The van der Waals surface area contributed by atoms with Gasteiger partial charge in [-0.15, -0.1) is 0 Å². The molecule has 0 fully saturated rings. The van der Waals surface area contributed by atoms with Crippen LogP contribution in [0.2, 0.25) is 0 Å². The van der Waals surface area contributed by atoms with Crippen LogP contribution in [0.5, 0.6) is 5.75 Å². The smallest absolute Gasteiger partial charge is 0.410 e. The number of oxazole rings is 1. The Hall–Kier alpha value is -7.57. The molecule has 0 aliphatic carbocycles. The lowest BCUT2D eigenvalue weighted by Gasteiger charge is -2.24. The molecular weight excluding hydrogens is 821 g/mol. The highest BCUT2D eigenvalue weighted by atomic mass is 16.6. The fourth-order valence-electron chi connectivity index (χ4n) is 7.35. The van der Waals surface area contributed by atoms with E-state index in [9.17, 15) is 19.2 Å². The second-order valence-electron chi connectivity index (χ2n) is 16.3. The first kappa shape index (κ1) is 44.5. The van der Waals surface area contributed by atoms with Crippen molar-refractivity contribution in [2.24, 2.45) is 11.5 Å². The van der Waals surface area contributed by atoms with E-state index < -0.39 is 29.4 Å². The normalized spacial score (nSPS) is 11.9. The predicted octanol–water partition coefficient (Wildman–Crippen LogP) is 6.33. The fourth-order valence-corrected chi connectivity index (χ4v) is 7.35. The summed E-state index contributed by atoms with van der Waals surface area (Å²) in [5.74, 6) is -1.03. The third-order valence-corrected chi connectivity index (χ3v) is 10.3. The maximum atomic E-state index is 13.8. The molecule has 4 amide bonds. The van der Waals surface area contributed by atoms with E-state index in [2.05, 4.69) is 20.4 Å². The highest BCUT2D eigenvalue weighted by molar-refractivity contribution is 6.08. The molecule has 5 N–H and O–H groups in total. The number of carbonyl (C=O) groups excluding carboxylic acids is 4. The molecule has 0 saturated carbocycles. The fraction of sp³-hybridized carbons (Fsp3) is 0.356. The van der Waals surface area contributed by atoms with Gasteiger partial charge in [-0.2, -0.15) is 5.10 Å². The first-order valence-corrected chi connectivity index (χ1v) is 20.9. The van der Waals surface area contributed by atoms with Gasteiger partial charge in [-0.05, 0) is 83.9 Å². The molecule has 0 radical (unpaired) electrons. The zero-order chi connectivity index (χ0) is 46.0. The van der Waals surface area contributed by atoms with Crippen LogP contribution in [-0.4, -0.2) is 93.4 Å². The molecule has 19 nitrogen and oxygen atoms in total. The Morgan fingerprint density at radius 3 is 2.33 bits per heavy atom. The number of aryl methyl sites for hydroxylation is 4. The van der Waals surface area contributed by atoms with E-state index in [1.165, 1.54) is 23.2 Å². The summed E-state index contributed by atoms with van der Waals surface area (Å²) in [5.41, 5.74) is 16.2. The second-order valence-corrected chi connectivity index (χ2v) is 16.3. The largest absolute Gasteiger partial charge is 0.491 e. The topological polar surface area (TPSA) is 246 Å². The average molecular weight is 873 g/mol. The van der Waals surface area contributed by atoms with Crippen LogP contribution in [0.1, 0.15) is 89.6 Å². The van der Waals surface area contributed by atoms with E-state index in [0.717, 1.165) is 22.5 Å². The van der Waals surface area contributed by atoms with Gasteiger partial charge in [0.2, 0.25) is 23.5 Å². The summed E-state index contributed by atoms with van der Waals surface area (Å²) < 4.78 is 23.1. The summed E-state index contributed by atoms with van der Waals surface area (Å²) in [7, 11) is 1.64. The van der Waals surface area contributed by atoms with Crippen molar-refractivity contribution in [1.29, 1.82) is 0 Å². The number of imidazole rings is 1. The van der Waals surface area contributed by atoms with Crippen molar-refractivity contribution < 1.29 is 33.1 Å². The molecule has 0 saturated heterocycles. The van der Waals surface area contributed by atoms with Crippen LogP contribution in [0.3, 0.4) is 0 Å². The highest BCUT2D eigenvalue weighted by Crippen LogP contribution is 2.33. The van der Waals surface area contributed by atoms with Crippen LogP contribution in [0.15, 0.2) is 59.2 Å². The Balaban J connectivity index is 1.26. The minimum absolute atomic E-state index is 0.0555. The molecule has 19 heteroatoms. The van der Waals surface area contributed by atoms with E-state index in [1.54, 1.807) is 45.4 Å². The first-order valence-electron chi connectivity index (χ1n) is 20.9. The number of benzene rings is 1. The number of primary amides is 2. The SMILES string of the molecule is CCc1nc(C)oc1C(=O)Nc1nc2cc(C(N)=O)cc(OCCCN(C)C(=O)OC(C)(C)C)c2n1C/C=C/Cn1c2ncc(C(N)=O)cc2c2ccc(-c3cc(C)nn3CC)nc21. The number of fused-ring (bicyclic) bond motifs is 4. The quantitative estimate of drug-likeness (QED) is 0.0713. The molecule has 0 unspecified atom stereocenters. The zero-order valence-electron chi connectivity index (χ0n) is 37.2. The van der Waals surface area contributed by atoms with Gasteiger partial charge >= 0.3 is 6.09 Å². The number of nitrogens with one attached hydrogen (secondary N) is 1. The van der Waals surface area contributed by atoms with Crippen molar-refractivity contribution in [2.75, 3.05) is 25.5 Å². The van der Waals surface area contributed by atoms with Gasteiger partial charge in [-0.1, -0.05) is 19.1 Å². The highest BCUT2D eigenvalue weighted by Gasteiger charge is 2.25. The van der Waals surface area contributed by atoms with Crippen molar-refractivity contribution in [3.05, 3.63) is 88.9 Å². The van der Waals surface area contributed by atoms with Crippen molar-refractivity contribution in [2.45, 2.75) is 86.5 Å². The number of anilines is 1. The third kappa shape index (κ3) is 9.28. The Morgan fingerprint density at radius 2 is 1.64 bits per heavy atom. The van der Waals surface area contributed by atoms with Gasteiger partial charge in [-0.3, -0.25) is 24.4 Å². The monoisotopic (exact) mass is 872 g/mol. The Morgan fingerprint density at radius 1 is 0.906 bits per heavy atom. The first-order chi connectivity index (χ1) is 30.5. The second kappa shape index (κ2) is 18.0. The van der Waals surface area contributed by atoms with Crippen LogP contribution in [0.25, 0.3) is 44.5 Å². The number of aromatic nitrogens is 8. The maximum Gasteiger partial charge on any atom is 0.410 e. The molecule has 0 atom stereocenters. The van der Waals surface area contributed by atoms with Gasteiger partial charge in [0.1, 0.15) is 28.2 Å². The molecule has 7 aromatic rings. The van der Waals surface area contributed by atoms with E-state index in [1.807, 2.05) is 60.4 Å². The van der Waals surface area contributed by atoms with E-state index in [-0.39, 0.29) is 41.7 Å². The molecule has 64 heavy (non-hydrogen) atoms. The van der Waals surface area contributed by atoms with Gasteiger partial charge in [0, 0.05) is 62.7 Å². The van der Waals surface area contributed by atoms with Gasteiger partial charge in [-0.25, -0.2) is 24.7 Å². The van der Waals surface area contributed by atoms with Crippen LogP contribution < -0.4 is 21.5 Å². The number of carbonyl (C=O) groups is 4. The predicted molar refractivity (Wildman–Crippen MR) is 240 cm³/mol. The number of nitrogens with two attached hydrogens (primary N) is 2. The van der Waals surface area contributed by atoms with Gasteiger partial charge < -0.3 is 39.4 Å². The molecule has 6 aromatic heterocycles. The number of hydrogen-bond donors (Lipinski definition) is 3. The van der Waals surface area contributed by atoms with Crippen molar-refractivity contribution >= 4 is 62.9 Å². The van der Waals surface area contributed by atoms with Crippen LogP contribution in [0.4, 0.5) is 10.7 Å². The lowest BCUT2D eigenvalue weighted by atomic mass is 10.1. The van der Waals surface area contributed by atoms with E-state index in [4.69, 9.17) is 35.3 Å². The Bertz CT molecular complexity index is 2970. The maximum absolute atomic E-state index is 13.8.